The molecule has 7 nitrogen and oxygen atoms in total. The molecule has 2 heterocycles. The van der Waals surface area contributed by atoms with Gasteiger partial charge in [0.2, 0.25) is 0 Å². The van der Waals surface area contributed by atoms with Crippen LogP contribution in [-0.2, 0) is 6.54 Å². The Hall–Kier alpha value is -1.96. The predicted octanol–water partition coefficient (Wildman–Crippen LogP) is 0.867. The van der Waals surface area contributed by atoms with Gasteiger partial charge in [-0.1, -0.05) is 17.0 Å². The lowest BCUT2D eigenvalue weighted by Gasteiger charge is -2.00. The van der Waals surface area contributed by atoms with Gasteiger partial charge in [-0.25, -0.2) is 14.8 Å². The molecule has 0 aliphatic rings. The van der Waals surface area contributed by atoms with Crippen LogP contribution in [0.3, 0.4) is 0 Å². The topological polar surface area (TPSA) is 93.8 Å². The summed E-state index contributed by atoms with van der Waals surface area (Å²) in [7, 11) is 0. The summed E-state index contributed by atoms with van der Waals surface area (Å²) in [5, 5.41) is 16.6. The molecule has 0 atom stereocenters. The van der Waals surface area contributed by atoms with E-state index in [1.807, 2.05) is 6.92 Å². The average Bonchev–Trinajstić information content (AvgIpc) is 2.81. The molecule has 0 bridgehead atoms. The van der Waals surface area contributed by atoms with E-state index in [0.717, 1.165) is 5.56 Å². The van der Waals surface area contributed by atoms with Crippen LogP contribution in [0.1, 0.15) is 16.1 Å². The van der Waals surface area contributed by atoms with E-state index in [1.54, 1.807) is 12.4 Å². The van der Waals surface area contributed by atoms with Crippen molar-refractivity contribution in [3.63, 3.8) is 0 Å². The van der Waals surface area contributed by atoms with Crippen LogP contribution < -0.4 is 0 Å². The van der Waals surface area contributed by atoms with Crippen molar-refractivity contribution < 1.29 is 9.90 Å². The fraction of sp³-hybridized carbons (Fsp3) is 0.300. The van der Waals surface area contributed by atoms with Gasteiger partial charge in [0.15, 0.2) is 10.9 Å². The molecule has 0 aliphatic heterocycles. The van der Waals surface area contributed by atoms with Crippen molar-refractivity contribution in [2.75, 3.05) is 5.75 Å². The number of aryl methyl sites for hydroxylation is 2. The Labute approximate surface area is 107 Å². The monoisotopic (exact) mass is 265 g/mol. The Balaban J connectivity index is 1.84. The highest BCUT2D eigenvalue weighted by Crippen LogP contribution is 2.12. The highest BCUT2D eigenvalue weighted by molar-refractivity contribution is 7.99. The molecular weight excluding hydrogens is 254 g/mol. The van der Waals surface area contributed by atoms with Gasteiger partial charge in [-0.05, 0) is 12.5 Å². The summed E-state index contributed by atoms with van der Waals surface area (Å²) in [4.78, 5) is 18.9. The first-order valence-corrected chi connectivity index (χ1v) is 6.18. The molecule has 0 aromatic carbocycles. The van der Waals surface area contributed by atoms with Crippen molar-refractivity contribution in [2.24, 2.45) is 0 Å². The van der Waals surface area contributed by atoms with Gasteiger partial charge in [-0.3, -0.25) is 4.68 Å². The summed E-state index contributed by atoms with van der Waals surface area (Å²) in [6, 6.07) is 0. The molecule has 94 valence electrons. The number of hydrogen-bond acceptors (Lipinski definition) is 6. The number of nitrogens with zero attached hydrogens (tertiary/aromatic N) is 5. The first-order chi connectivity index (χ1) is 8.65. The molecule has 0 saturated carbocycles. The second kappa shape index (κ2) is 5.58. The number of carboxylic acid groups (broad SMARTS) is 1. The Morgan fingerprint density at radius 1 is 1.44 bits per heavy atom. The van der Waals surface area contributed by atoms with Crippen LogP contribution in [0.4, 0.5) is 0 Å². The molecule has 0 spiro atoms. The highest BCUT2D eigenvalue weighted by Gasteiger charge is 2.07. The van der Waals surface area contributed by atoms with Crippen molar-refractivity contribution in [1.29, 1.82) is 0 Å². The zero-order valence-electron chi connectivity index (χ0n) is 9.65. The van der Waals surface area contributed by atoms with Gasteiger partial charge in [0, 0.05) is 18.1 Å². The molecule has 0 aliphatic carbocycles. The molecule has 8 heteroatoms. The molecule has 2 aromatic heterocycles. The molecule has 18 heavy (non-hydrogen) atoms. The second-order valence-electron chi connectivity index (χ2n) is 3.56. The zero-order chi connectivity index (χ0) is 13.0. The van der Waals surface area contributed by atoms with Crippen LogP contribution in [0.15, 0.2) is 23.7 Å². The lowest BCUT2D eigenvalue weighted by atomic mass is 10.4. The number of carbonyl (C=O) groups is 1. The largest absolute Gasteiger partial charge is 0.476 e. The van der Waals surface area contributed by atoms with E-state index in [4.69, 9.17) is 5.11 Å². The van der Waals surface area contributed by atoms with Crippen LogP contribution in [-0.4, -0.2) is 41.8 Å². The number of thioether (sulfide) groups is 1. The van der Waals surface area contributed by atoms with E-state index in [-0.39, 0.29) is 5.69 Å². The number of rotatable bonds is 5. The van der Waals surface area contributed by atoms with Gasteiger partial charge in [0.25, 0.3) is 0 Å². The predicted molar refractivity (Wildman–Crippen MR) is 64.5 cm³/mol. The summed E-state index contributed by atoms with van der Waals surface area (Å²) < 4.78 is 1.49. The van der Waals surface area contributed by atoms with Crippen LogP contribution in [0.2, 0.25) is 0 Å². The summed E-state index contributed by atoms with van der Waals surface area (Å²) >= 11 is 1.48. The maximum absolute atomic E-state index is 10.6. The normalized spacial score (nSPS) is 10.5. The van der Waals surface area contributed by atoms with Crippen molar-refractivity contribution in [3.8, 4) is 0 Å². The third-order valence-electron chi connectivity index (χ3n) is 2.07. The Morgan fingerprint density at radius 3 is 2.78 bits per heavy atom. The number of carboxylic acids is 1. The lowest BCUT2D eigenvalue weighted by molar-refractivity contribution is 0.0690. The van der Waals surface area contributed by atoms with Gasteiger partial charge < -0.3 is 5.11 Å². The van der Waals surface area contributed by atoms with Gasteiger partial charge in [0.05, 0.1) is 12.7 Å². The molecule has 2 aromatic rings. The third-order valence-corrected chi connectivity index (χ3v) is 2.92. The second-order valence-corrected chi connectivity index (χ2v) is 4.63. The maximum Gasteiger partial charge on any atom is 0.358 e. The Morgan fingerprint density at radius 2 is 2.17 bits per heavy atom. The molecule has 0 radical (unpaired) electrons. The van der Waals surface area contributed by atoms with Crippen LogP contribution in [0.25, 0.3) is 0 Å². The smallest absolute Gasteiger partial charge is 0.358 e. The zero-order valence-corrected chi connectivity index (χ0v) is 10.5. The minimum Gasteiger partial charge on any atom is -0.476 e. The minimum atomic E-state index is -1.07. The van der Waals surface area contributed by atoms with Crippen molar-refractivity contribution in [1.82, 2.24) is 25.0 Å². The Kier molecular flexibility index (Phi) is 3.88. The minimum absolute atomic E-state index is 0.0495. The molecule has 2 rings (SSSR count). The summed E-state index contributed by atoms with van der Waals surface area (Å²) in [6.45, 7) is 2.49. The maximum atomic E-state index is 10.6. The molecule has 0 fully saturated rings. The fourth-order valence-corrected chi connectivity index (χ4v) is 1.91. The number of hydrogen-bond donors (Lipinski definition) is 1. The number of aromatic carboxylic acids is 1. The van der Waals surface area contributed by atoms with Gasteiger partial charge in [0.1, 0.15) is 0 Å². The van der Waals surface area contributed by atoms with Crippen molar-refractivity contribution in [3.05, 3.63) is 29.8 Å². The summed E-state index contributed by atoms with van der Waals surface area (Å²) in [5.41, 5.74) is 0.966. The van der Waals surface area contributed by atoms with E-state index in [0.29, 0.717) is 17.5 Å². The number of aromatic nitrogens is 5. The van der Waals surface area contributed by atoms with Crippen LogP contribution >= 0.6 is 11.8 Å². The van der Waals surface area contributed by atoms with Crippen LogP contribution in [0.5, 0.6) is 0 Å². The SMILES string of the molecule is Cc1cnc(SCCn2cc(C(=O)O)nn2)nc1. The molecule has 1 N–H and O–H groups in total. The molecule has 0 saturated heterocycles. The summed E-state index contributed by atoms with van der Waals surface area (Å²) in [6.07, 6.45) is 4.92. The van der Waals surface area contributed by atoms with E-state index in [1.165, 1.54) is 22.6 Å². The molecule has 0 unspecified atom stereocenters. The molecular formula is C10H11N5O2S. The highest BCUT2D eigenvalue weighted by atomic mass is 32.2. The van der Waals surface area contributed by atoms with E-state index in [9.17, 15) is 4.79 Å². The first kappa shape index (κ1) is 12.5. The summed E-state index contributed by atoms with van der Waals surface area (Å²) in [5.74, 6) is -0.373. The lowest BCUT2D eigenvalue weighted by Crippen LogP contribution is -2.02. The van der Waals surface area contributed by atoms with E-state index < -0.39 is 5.97 Å². The van der Waals surface area contributed by atoms with E-state index >= 15 is 0 Å². The van der Waals surface area contributed by atoms with E-state index in [2.05, 4.69) is 20.3 Å². The third kappa shape index (κ3) is 3.27. The fourth-order valence-electron chi connectivity index (χ4n) is 1.19. The van der Waals surface area contributed by atoms with Gasteiger partial charge in [-0.2, -0.15) is 0 Å². The van der Waals surface area contributed by atoms with Crippen molar-refractivity contribution in [2.45, 2.75) is 18.6 Å². The van der Waals surface area contributed by atoms with Gasteiger partial charge >= 0.3 is 5.97 Å². The molecule has 0 amide bonds. The average molecular weight is 265 g/mol. The Bertz CT molecular complexity index is 539. The van der Waals surface area contributed by atoms with Crippen molar-refractivity contribution >= 4 is 17.7 Å². The van der Waals surface area contributed by atoms with Gasteiger partial charge in [-0.15, -0.1) is 5.10 Å². The quantitative estimate of drug-likeness (QED) is 0.633. The van der Waals surface area contributed by atoms with Crippen LogP contribution in [0, 0.1) is 6.92 Å². The standard InChI is InChI=1S/C10H11N5O2S/c1-7-4-11-10(12-5-7)18-3-2-15-6-8(9(16)17)13-14-15/h4-6H,2-3H2,1H3,(H,16,17). The first-order valence-electron chi connectivity index (χ1n) is 5.20.